The maximum atomic E-state index is 12.8. The number of carbonyl (C=O) groups is 1. The SMILES string of the molecule is CCCN(C(=O)c1cc(C(F)(F)F)ccc1Br)C1CNC1. The zero-order valence-electron chi connectivity index (χ0n) is 11.5. The molecule has 1 aliphatic rings. The van der Waals surface area contributed by atoms with Crippen LogP contribution in [0.4, 0.5) is 13.2 Å². The highest BCUT2D eigenvalue weighted by Gasteiger charge is 2.34. The Balaban J connectivity index is 2.32. The summed E-state index contributed by atoms with van der Waals surface area (Å²) >= 11 is 3.18. The molecular weight excluding hydrogens is 349 g/mol. The number of benzene rings is 1. The van der Waals surface area contributed by atoms with E-state index in [4.69, 9.17) is 0 Å². The number of halogens is 4. The minimum Gasteiger partial charge on any atom is -0.333 e. The van der Waals surface area contributed by atoms with Gasteiger partial charge < -0.3 is 10.2 Å². The van der Waals surface area contributed by atoms with E-state index in [0.29, 0.717) is 24.1 Å². The lowest BCUT2D eigenvalue weighted by Crippen LogP contribution is -2.59. The van der Waals surface area contributed by atoms with Crippen molar-refractivity contribution in [3.8, 4) is 0 Å². The smallest absolute Gasteiger partial charge is 0.333 e. The third-order valence-corrected chi connectivity index (χ3v) is 4.14. The van der Waals surface area contributed by atoms with E-state index in [0.717, 1.165) is 18.6 Å². The Morgan fingerprint density at radius 1 is 1.43 bits per heavy atom. The Hall–Kier alpha value is -1.08. The monoisotopic (exact) mass is 364 g/mol. The largest absolute Gasteiger partial charge is 0.416 e. The summed E-state index contributed by atoms with van der Waals surface area (Å²) in [5.74, 6) is -0.360. The molecule has 116 valence electrons. The van der Waals surface area contributed by atoms with Gasteiger partial charge in [0.1, 0.15) is 0 Å². The lowest BCUT2D eigenvalue weighted by Gasteiger charge is -2.38. The quantitative estimate of drug-likeness (QED) is 0.888. The molecule has 0 aliphatic carbocycles. The topological polar surface area (TPSA) is 32.3 Å². The van der Waals surface area contributed by atoms with Gasteiger partial charge in [0.05, 0.1) is 17.2 Å². The van der Waals surface area contributed by atoms with Crippen molar-refractivity contribution < 1.29 is 18.0 Å². The zero-order valence-corrected chi connectivity index (χ0v) is 13.1. The Labute approximate surface area is 129 Å². The minimum atomic E-state index is -4.46. The van der Waals surface area contributed by atoms with Crippen LogP contribution in [-0.4, -0.2) is 36.5 Å². The van der Waals surface area contributed by atoms with Crippen molar-refractivity contribution in [2.45, 2.75) is 25.6 Å². The molecule has 0 unspecified atom stereocenters. The summed E-state index contributed by atoms with van der Waals surface area (Å²) in [6.07, 6.45) is -3.69. The van der Waals surface area contributed by atoms with Crippen LogP contribution in [-0.2, 0) is 6.18 Å². The van der Waals surface area contributed by atoms with Crippen LogP contribution >= 0.6 is 15.9 Å². The Morgan fingerprint density at radius 3 is 2.57 bits per heavy atom. The van der Waals surface area contributed by atoms with Crippen LogP contribution < -0.4 is 5.32 Å². The van der Waals surface area contributed by atoms with E-state index in [1.807, 2.05) is 6.92 Å². The third kappa shape index (κ3) is 3.58. The minimum absolute atomic E-state index is 0.0545. The van der Waals surface area contributed by atoms with E-state index < -0.39 is 11.7 Å². The van der Waals surface area contributed by atoms with Crippen LogP contribution in [0.2, 0.25) is 0 Å². The fourth-order valence-corrected chi connectivity index (χ4v) is 2.62. The number of hydrogen-bond donors (Lipinski definition) is 1. The summed E-state index contributed by atoms with van der Waals surface area (Å²) in [4.78, 5) is 14.2. The van der Waals surface area contributed by atoms with Crippen LogP contribution in [0.1, 0.15) is 29.3 Å². The molecule has 0 bridgehead atoms. The fraction of sp³-hybridized carbons (Fsp3) is 0.500. The first-order chi connectivity index (χ1) is 9.84. The van der Waals surface area contributed by atoms with Crippen molar-refractivity contribution in [3.63, 3.8) is 0 Å². The molecule has 0 aromatic heterocycles. The van der Waals surface area contributed by atoms with Crippen LogP contribution in [0.3, 0.4) is 0 Å². The first-order valence-electron chi connectivity index (χ1n) is 6.73. The molecular formula is C14H16BrF3N2O. The molecule has 1 amide bonds. The number of alkyl halides is 3. The van der Waals surface area contributed by atoms with Crippen LogP contribution in [0, 0.1) is 0 Å². The van der Waals surface area contributed by atoms with Gasteiger partial charge in [-0.15, -0.1) is 0 Å². The first-order valence-corrected chi connectivity index (χ1v) is 7.52. The molecule has 7 heteroatoms. The molecule has 1 aromatic carbocycles. The highest BCUT2D eigenvalue weighted by atomic mass is 79.9. The van der Waals surface area contributed by atoms with Crippen molar-refractivity contribution in [2.75, 3.05) is 19.6 Å². The molecule has 3 nitrogen and oxygen atoms in total. The molecule has 1 saturated heterocycles. The Bertz CT molecular complexity index is 529. The normalized spacial score (nSPS) is 15.7. The second-order valence-corrected chi connectivity index (χ2v) is 5.86. The fourth-order valence-electron chi connectivity index (χ4n) is 2.20. The van der Waals surface area contributed by atoms with Gasteiger partial charge in [-0.05, 0) is 40.5 Å². The van der Waals surface area contributed by atoms with E-state index in [-0.39, 0.29) is 17.5 Å². The summed E-state index contributed by atoms with van der Waals surface area (Å²) in [5, 5.41) is 3.07. The van der Waals surface area contributed by atoms with Gasteiger partial charge in [0, 0.05) is 24.1 Å². The highest BCUT2D eigenvalue weighted by Crippen LogP contribution is 2.32. The van der Waals surface area contributed by atoms with Gasteiger partial charge in [0.2, 0.25) is 0 Å². The molecule has 1 aromatic rings. The van der Waals surface area contributed by atoms with Crippen LogP contribution in [0.25, 0.3) is 0 Å². The maximum absolute atomic E-state index is 12.8. The summed E-state index contributed by atoms with van der Waals surface area (Å²) in [7, 11) is 0. The van der Waals surface area contributed by atoms with Crippen molar-refractivity contribution in [2.24, 2.45) is 0 Å². The van der Waals surface area contributed by atoms with Gasteiger partial charge in [-0.25, -0.2) is 0 Å². The van der Waals surface area contributed by atoms with E-state index >= 15 is 0 Å². The Kier molecular flexibility index (Phi) is 4.93. The maximum Gasteiger partial charge on any atom is 0.416 e. The second-order valence-electron chi connectivity index (χ2n) is 5.00. The number of hydrogen-bond acceptors (Lipinski definition) is 2. The third-order valence-electron chi connectivity index (χ3n) is 3.45. The predicted molar refractivity (Wildman–Crippen MR) is 77.1 cm³/mol. The lowest BCUT2D eigenvalue weighted by atomic mass is 10.1. The van der Waals surface area contributed by atoms with Crippen molar-refractivity contribution in [3.05, 3.63) is 33.8 Å². The average molecular weight is 365 g/mol. The second kappa shape index (κ2) is 6.36. The zero-order chi connectivity index (χ0) is 15.6. The van der Waals surface area contributed by atoms with Crippen molar-refractivity contribution >= 4 is 21.8 Å². The molecule has 1 fully saturated rings. The number of carbonyl (C=O) groups excluding carboxylic acids is 1. The summed E-state index contributed by atoms with van der Waals surface area (Å²) in [6.45, 7) is 3.84. The van der Waals surface area contributed by atoms with Crippen molar-refractivity contribution in [1.29, 1.82) is 0 Å². The number of rotatable bonds is 4. The number of nitrogens with one attached hydrogen (secondary N) is 1. The van der Waals surface area contributed by atoms with Gasteiger partial charge in [0.15, 0.2) is 0 Å². The van der Waals surface area contributed by atoms with Gasteiger partial charge in [-0.3, -0.25) is 4.79 Å². The van der Waals surface area contributed by atoms with E-state index in [1.165, 1.54) is 6.07 Å². The van der Waals surface area contributed by atoms with Gasteiger partial charge in [0.25, 0.3) is 5.91 Å². The van der Waals surface area contributed by atoms with Crippen LogP contribution in [0.5, 0.6) is 0 Å². The molecule has 0 radical (unpaired) electrons. The molecule has 1 heterocycles. The van der Waals surface area contributed by atoms with E-state index in [1.54, 1.807) is 4.90 Å². The van der Waals surface area contributed by atoms with Crippen molar-refractivity contribution in [1.82, 2.24) is 10.2 Å². The molecule has 2 rings (SSSR count). The van der Waals surface area contributed by atoms with Gasteiger partial charge in [-0.1, -0.05) is 6.92 Å². The van der Waals surface area contributed by atoms with Gasteiger partial charge in [-0.2, -0.15) is 13.2 Å². The van der Waals surface area contributed by atoms with E-state index in [2.05, 4.69) is 21.2 Å². The number of nitrogens with zero attached hydrogens (tertiary/aromatic N) is 1. The first kappa shape index (κ1) is 16.3. The molecule has 21 heavy (non-hydrogen) atoms. The van der Waals surface area contributed by atoms with Gasteiger partial charge >= 0.3 is 6.18 Å². The predicted octanol–water partition coefficient (Wildman–Crippen LogP) is 3.29. The van der Waals surface area contributed by atoms with E-state index in [9.17, 15) is 18.0 Å². The summed E-state index contributed by atoms with van der Waals surface area (Å²) in [6, 6.07) is 3.22. The molecule has 0 atom stereocenters. The van der Waals surface area contributed by atoms with Crippen LogP contribution in [0.15, 0.2) is 22.7 Å². The Morgan fingerprint density at radius 2 is 2.10 bits per heavy atom. The standard InChI is InChI=1S/C14H16BrF3N2O/c1-2-5-20(10-7-19-8-10)13(21)11-6-9(14(16,17)18)3-4-12(11)15/h3-4,6,10,19H,2,5,7-8H2,1H3. The summed E-state index contributed by atoms with van der Waals surface area (Å²) < 4.78 is 38.8. The lowest BCUT2D eigenvalue weighted by molar-refractivity contribution is -0.137. The average Bonchev–Trinajstić information content (AvgIpc) is 2.34. The summed E-state index contributed by atoms with van der Waals surface area (Å²) in [5.41, 5.74) is -0.748. The highest BCUT2D eigenvalue weighted by molar-refractivity contribution is 9.10. The molecule has 0 spiro atoms. The number of amides is 1. The molecule has 0 saturated carbocycles. The molecule has 1 N–H and O–H groups in total. The molecule has 1 aliphatic heterocycles.